The molecule has 1 aromatic carbocycles. The minimum absolute atomic E-state index is 0.0273. The molecule has 6 heteroatoms. The molecule has 0 bridgehead atoms. The van der Waals surface area contributed by atoms with Crippen molar-refractivity contribution in [2.75, 3.05) is 13.1 Å². The van der Waals surface area contributed by atoms with E-state index in [9.17, 15) is 4.79 Å². The molecule has 1 saturated heterocycles. The monoisotopic (exact) mass is 388 g/mol. The van der Waals surface area contributed by atoms with Gasteiger partial charge in [0.15, 0.2) is 17.9 Å². The van der Waals surface area contributed by atoms with Crippen molar-refractivity contribution in [1.29, 1.82) is 0 Å². The summed E-state index contributed by atoms with van der Waals surface area (Å²) in [6, 6.07) is 10.1. The molecule has 3 aromatic rings. The number of amides is 1. The predicted molar refractivity (Wildman–Crippen MR) is 108 cm³/mol. The Morgan fingerprint density at radius 3 is 2.90 bits per heavy atom. The first-order valence-electron chi connectivity index (χ1n) is 10.3. The summed E-state index contributed by atoms with van der Waals surface area (Å²) in [6.45, 7) is 3.41. The van der Waals surface area contributed by atoms with Gasteiger partial charge in [-0.05, 0) is 31.2 Å². The molecule has 1 fully saturated rings. The zero-order valence-corrected chi connectivity index (χ0v) is 16.6. The van der Waals surface area contributed by atoms with Crippen LogP contribution in [0.2, 0.25) is 0 Å². The van der Waals surface area contributed by atoms with E-state index in [1.807, 2.05) is 48.4 Å². The number of aryl methyl sites for hydroxylation is 2. The van der Waals surface area contributed by atoms with Crippen molar-refractivity contribution < 1.29 is 9.21 Å². The van der Waals surface area contributed by atoms with Gasteiger partial charge in [-0.15, -0.1) is 0 Å². The number of piperidine rings is 1. The van der Waals surface area contributed by atoms with Gasteiger partial charge in [0.2, 0.25) is 0 Å². The normalized spacial score (nSPS) is 20.8. The molecule has 1 aliphatic carbocycles. The fraction of sp³-hybridized carbons (Fsp3) is 0.391. The number of likely N-dealkylation sites (tertiary alicyclic amines) is 1. The molecule has 29 heavy (non-hydrogen) atoms. The molecule has 0 N–H and O–H groups in total. The zero-order valence-electron chi connectivity index (χ0n) is 16.6. The summed E-state index contributed by atoms with van der Waals surface area (Å²) >= 11 is 0. The van der Waals surface area contributed by atoms with Crippen LogP contribution in [0.15, 0.2) is 47.3 Å². The third kappa shape index (κ3) is 3.03. The molecule has 0 saturated carbocycles. The Labute approximate surface area is 170 Å². The lowest BCUT2D eigenvalue weighted by Gasteiger charge is -2.40. The highest BCUT2D eigenvalue weighted by molar-refractivity contribution is 5.93. The number of carbonyl (C=O) groups is 1. The van der Waals surface area contributed by atoms with Gasteiger partial charge < -0.3 is 9.32 Å². The van der Waals surface area contributed by atoms with Gasteiger partial charge in [0.1, 0.15) is 5.76 Å². The first kappa shape index (κ1) is 18.0. The highest BCUT2D eigenvalue weighted by Gasteiger charge is 2.45. The highest BCUT2D eigenvalue weighted by Crippen LogP contribution is 2.44. The molecule has 1 aliphatic heterocycles. The average molecular weight is 388 g/mol. The summed E-state index contributed by atoms with van der Waals surface area (Å²) in [7, 11) is 0. The molecule has 3 heterocycles. The van der Waals surface area contributed by atoms with E-state index in [0.717, 1.165) is 49.3 Å². The average Bonchev–Trinajstić information content (AvgIpc) is 3.39. The standard InChI is InChI=1S/C23H24N4O2/c1-2-18-19(25-15-29-18)22(28)27-12-6-10-23(14-27)11-9-17-13-24-21(26-20(17)23)16-7-4-3-5-8-16/h3-5,7-8,13,15H,2,6,9-12,14H2,1H3. The van der Waals surface area contributed by atoms with Crippen LogP contribution in [0.5, 0.6) is 0 Å². The van der Waals surface area contributed by atoms with Crippen molar-refractivity contribution in [2.24, 2.45) is 0 Å². The topological polar surface area (TPSA) is 72.1 Å². The number of nitrogens with zero attached hydrogens (tertiary/aromatic N) is 4. The summed E-state index contributed by atoms with van der Waals surface area (Å²) < 4.78 is 5.38. The van der Waals surface area contributed by atoms with Crippen LogP contribution in [-0.2, 0) is 18.3 Å². The smallest absolute Gasteiger partial charge is 0.276 e. The summed E-state index contributed by atoms with van der Waals surface area (Å²) in [6.07, 6.45) is 8.01. The van der Waals surface area contributed by atoms with E-state index in [2.05, 4.69) is 9.97 Å². The van der Waals surface area contributed by atoms with E-state index in [1.165, 1.54) is 12.0 Å². The van der Waals surface area contributed by atoms with Crippen molar-refractivity contribution in [3.05, 3.63) is 65.6 Å². The van der Waals surface area contributed by atoms with E-state index in [-0.39, 0.29) is 11.3 Å². The summed E-state index contributed by atoms with van der Waals surface area (Å²) in [4.78, 5) is 28.9. The van der Waals surface area contributed by atoms with Crippen LogP contribution in [-0.4, -0.2) is 38.8 Å². The number of hydrogen-bond donors (Lipinski definition) is 0. The molecule has 2 aliphatic rings. The first-order valence-corrected chi connectivity index (χ1v) is 10.3. The maximum atomic E-state index is 13.2. The van der Waals surface area contributed by atoms with Crippen LogP contribution < -0.4 is 0 Å². The second-order valence-corrected chi connectivity index (χ2v) is 8.02. The molecule has 148 valence electrons. The third-order valence-corrected chi connectivity index (χ3v) is 6.30. The fourth-order valence-corrected chi connectivity index (χ4v) is 4.82. The van der Waals surface area contributed by atoms with E-state index >= 15 is 0 Å². The molecule has 6 nitrogen and oxygen atoms in total. The van der Waals surface area contributed by atoms with Crippen molar-refractivity contribution in [3.63, 3.8) is 0 Å². The van der Waals surface area contributed by atoms with E-state index < -0.39 is 0 Å². The van der Waals surface area contributed by atoms with Crippen LogP contribution in [0.3, 0.4) is 0 Å². The molecule has 1 atom stereocenters. The van der Waals surface area contributed by atoms with Crippen LogP contribution in [0.4, 0.5) is 0 Å². The summed E-state index contributed by atoms with van der Waals surface area (Å²) in [5.74, 6) is 1.40. The predicted octanol–water partition coefficient (Wildman–Crippen LogP) is 3.81. The van der Waals surface area contributed by atoms with Gasteiger partial charge in [-0.25, -0.2) is 15.0 Å². The first-order chi connectivity index (χ1) is 14.2. The number of hydrogen-bond acceptors (Lipinski definition) is 5. The lowest BCUT2D eigenvalue weighted by molar-refractivity contribution is 0.0626. The van der Waals surface area contributed by atoms with Crippen LogP contribution in [0.25, 0.3) is 11.4 Å². The number of fused-ring (bicyclic) bond motifs is 2. The van der Waals surface area contributed by atoms with Gasteiger partial charge in [0.25, 0.3) is 5.91 Å². The van der Waals surface area contributed by atoms with Crippen molar-refractivity contribution in [2.45, 2.75) is 44.4 Å². The van der Waals surface area contributed by atoms with Crippen molar-refractivity contribution in [3.8, 4) is 11.4 Å². The van der Waals surface area contributed by atoms with Gasteiger partial charge >= 0.3 is 0 Å². The van der Waals surface area contributed by atoms with Crippen molar-refractivity contribution >= 4 is 5.91 Å². The lowest BCUT2D eigenvalue weighted by atomic mass is 9.77. The molecule has 1 spiro atoms. The summed E-state index contributed by atoms with van der Waals surface area (Å²) in [5, 5.41) is 0. The highest BCUT2D eigenvalue weighted by atomic mass is 16.3. The van der Waals surface area contributed by atoms with Crippen LogP contribution in [0.1, 0.15) is 53.7 Å². The molecule has 5 rings (SSSR count). The molecular formula is C23H24N4O2. The van der Waals surface area contributed by atoms with E-state index in [4.69, 9.17) is 9.40 Å². The number of aromatic nitrogens is 3. The molecule has 1 amide bonds. The number of oxazole rings is 1. The second-order valence-electron chi connectivity index (χ2n) is 8.02. The Hall–Kier alpha value is -3.02. The molecule has 0 radical (unpaired) electrons. The van der Waals surface area contributed by atoms with Gasteiger partial charge in [0, 0.05) is 36.7 Å². The van der Waals surface area contributed by atoms with E-state index in [0.29, 0.717) is 24.4 Å². The third-order valence-electron chi connectivity index (χ3n) is 6.30. The van der Waals surface area contributed by atoms with Gasteiger partial charge in [-0.1, -0.05) is 37.3 Å². The second kappa shape index (κ2) is 7.10. The lowest BCUT2D eigenvalue weighted by Crippen LogP contribution is -2.48. The molecule has 2 aromatic heterocycles. The molecular weight excluding hydrogens is 364 g/mol. The number of carbonyl (C=O) groups excluding carboxylic acids is 1. The van der Waals surface area contributed by atoms with Gasteiger partial charge in [-0.3, -0.25) is 4.79 Å². The van der Waals surface area contributed by atoms with Gasteiger partial charge in [-0.2, -0.15) is 0 Å². The van der Waals surface area contributed by atoms with Crippen LogP contribution >= 0.6 is 0 Å². The Morgan fingerprint density at radius 1 is 1.21 bits per heavy atom. The maximum absolute atomic E-state index is 13.2. The Balaban J connectivity index is 1.47. The maximum Gasteiger partial charge on any atom is 0.276 e. The SMILES string of the molecule is CCc1ocnc1C(=O)N1CCCC2(CCc3cnc(-c4ccccc4)nc32)C1. The van der Waals surface area contributed by atoms with E-state index in [1.54, 1.807) is 0 Å². The minimum atomic E-state index is -0.0914. The van der Waals surface area contributed by atoms with Crippen LogP contribution in [0, 0.1) is 0 Å². The zero-order chi connectivity index (χ0) is 19.8. The Bertz CT molecular complexity index is 1040. The Kier molecular flexibility index (Phi) is 4.42. The number of benzene rings is 1. The minimum Gasteiger partial charge on any atom is -0.448 e. The molecule has 1 unspecified atom stereocenters. The van der Waals surface area contributed by atoms with Crippen molar-refractivity contribution in [1.82, 2.24) is 19.9 Å². The Morgan fingerprint density at radius 2 is 2.07 bits per heavy atom. The summed E-state index contributed by atoms with van der Waals surface area (Å²) in [5.41, 5.74) is 3.73. The quantitative estimate of drug-likeness (QED) is 0.682. The largest absolute Gasteiger partial charge is 0.448 e. The number of rotatable bonds is 3. The fourth-order valence-electron chi connectivity index (χ4n) is 4.82. The van der Waals surface area contributed by atoms with Gasteiger partial charge in [0.05, 0.1) is 5.69 Å².